The van der Waals surface area contributed by atoms with Gasteiger partial charge in [0.05, 0.1) is 5.60 Å². The number of nitrogens with two attached hydrogens (primary N) is 1. The largest absolute Gasteiger partial charge is 0.353 e. The number of carbonyl (C=O) groups is 1. The minimum absolute atomic E-state index is 0.0378. The zero-order valence-electron chi connectivity index (χ0n) is 29.8. The van der Waals surface area contributed by atoms with E-state index in [9.17, 15) is 4.79 Å². The van der Waals surface area contributed by atoms with Gasteiger partial charge in [-0.05, 0) is 56.8 Å². The van der Waals surface area contributed by atoms with E-state index in [0.29, 0.717) is 12.5 Å². The molecule has 0 aromatic heterocycles. The van der Waals surface area contributed by atoms with Crippen LogP contribution in [0.5, 0.6) is 0 Å². The smallest absolute Gasteiger partial charge is 0.225 e. The van der Waals surface area contributed by atoms with Crippen LogP contribution in [0, 0.1) is 29.1 Å². The lowest BCUT2D eigenvalue weighted by Gasteiger charge is -2.35. The number of ether oxygens (including phenoxy) is 1. The summed E-state index contributed by atoms with van der Waals surface area (Å²) in [5.41, 5.74) is -0.988. The van der Waals surface area contributed by atoms with Crippen LogP contribution < -0.4 is 11.2 Å². The van der Waals surface area contributed by atoms with Gasteiger partial charge in [0, 0.05) is 11.5 Å². The molecule has 0 atom stereocenters. The lowest BCUT2D eigenvalue weighted by Crippen LogP contribution is -2.46. The lowest BCUT2D eigenvalue weighted by atomic mass is 9.74. The summed E-state index contributed by atoms with van der Waals surface area (Å²) in [4.78, 5) is 18.0. The van der Waals surface area contributed by atoms with Gasteiger partial charge in [-0.1, -0.05) is 162 Å². The fraction of sp³-hybridized carbons (Fsp3) is 0.974. The van der Waals surface area contributed by atoms with E-state index in [4.69, 9.17) is 10.6 Å². The molecule has 3 aliphatic carbocycles. The van der Waals surface area contributed by atoms with Crippen LogP contribution >= 0.6 is 0 Å². The fourth-order valence-corrected chi connectivity index (χ4v) is 9.44. The van der Waals surface area contributed by atoms with Crippen LogP contribution in [0.15, 0.2) is 0 Å². The van der Waals surface area contributed by atoms with Gasteiger partial charge in [0.25, 0.3) is 0 Å². The van der Waals surface area contributed by atoms with Crippen molar-refractivity contribution in [2.24, 2.45) is 35.0 Å². The van der Waals surface area contributed by atoms with E-state index >= 15 is 0 Å². The van der Waals surface area contributed by atoms with Gasteiger partial charge in [-0.25, -0.2) is 5.90 Å². The number of hydrogen-bond acceptors (Lipinski definition) is 4. The monoisotopic (exact) mass is 619 g/mol. The zero-order valence-corrected chi connectivity index (χ0v) is 29.8. The quantitative estimate of drug-likeness (QED) is 0.199. The molecule has 0 aromatic carbocycles. The molecule has 3 rings (SSSR count). The molecular weight excluding hydrogens is 544 g/mol. The predicted octanol–water partition coefficient (Wildman–Crippen LogP) is 10.8. The Balaban J connectivity index is 1.42. The van der Waals surface area contributed by atoms with Gasteiger partial charge < -0.3 is 10.1 Å². The van der Waals surface area contributed by atoms with E-state index in [2.05, 4.69) is 10.2 Å². The fourth-order valence-electron chi connectivity index (χ4n) is 9.44. The van der Waals surface area contributed by atoms with E-state index in [1.165, 1.54) is 148 Å². The molecule has 0 unspecified atom stereocenters. The molecule has 258 valence electrons. The van der Waals surface area contributed by atoms with Crippen molar-refractivity contribution in [2.75, 3.05) is 6.79 Å². The van der Waals surface area contributed by atoms with Gasteiger partial charge >= 0.3 is 0 Å². The Morgan fingerprint density at radius 3 is 1.25 bits per heavy atom. The van der Waals surface area contributed by atoms with Crippen LogP contribution in [-0.2, 0) is 14.4 Å². The topological polar surface area (TPSA) is 73.6 Å². The first kappa shape index (κ1) is 37.8. The highest BCUT2D eigenvalue weighted by Crippen LogP contribution is 2.39. The summed E-state index contributed by atoms with van der Waals surface area (Å²) >= 11 is 0. The molecule has 5 nitrogen and oxygen atoms in total. The molecule has 44 heavy (non-hydrogen) atoms. The summed E-state index contributed by atoms with van der Waals surface area (Å²) in [5.74, 6) is 9.21. The van der Waals surface area contributed by atoms with Crippen LogP contribution in [0.4, 0.5) is 0 Å². The molecule has 3 saturated carbocycles. The Hall–Kier alpha value is -0.650. The maximum absolute atomic E-state index is 13.4. The minimum atomic E-state index is -0.512. The van der Waals surface area contributed by atoms with E-state index in [1.807, 2.05) is 27.7 Å². The third kappa shape index (κ3) is 14.4. The second-order valence-electron chi connectivity index (χ2n) is 16.6. The number of hydrogen-bond donors (Lipinski definition) is 2. The highest BCUT2D eigenvalue weighted by atomic mass is 16.7. The van der Waals surface area contributed by atoms with Crippen molar-refractivity contribution in [1.29, 1.82) is 0 Å². The lowest BCUT2D eigenvalue weighted by molar-refractivity contribution is -0.152. The molecule has 0 aromatic rings. The van der Waals surface area contributed by atoms with E-state index in [1.54, 1.807) is 0 Å². The molecule has 0 aliphatic heterocycles. The third-order valence-electron chi connectivity index (χ3n) is 11.9. The van der Waals surface area contributed by atoms with Crippen LogP contribution in [-0.4, -0.2) is 24.3 Å². The first-order valence-corrected chi connectivity index (χ1v) is 19.5. The van der Waals surface area contributed by atoms with Crippen molar-refractivity contribution in [3.05, 3.63) is 0 Å². The molecule has 0 radical (unpaired) electrons. The van der Waals surface area contributed by atoms with Gasteiger partial charge in [-0.2, -0.15) is 0 Å². The summed E-state index contributed by atoms with van der Waals surface area (Å²) in [6, 6.07) is 0.294. The van der Waals surface area contributed by atoms with E-state index in [0.717, 1.165) is 36.5 Å². The van der Waals surface area contributed by atoms with E-state index in [-0.39, 0.29) is 12.7 Å². The van der Waals surface area contributed by atoms with Gasteiger partial charge in [0.1, 0.15) is 0 Å². The third-order valence-corrected chi connectivity index (χ3v) is 11.9. The SMILES string of the molecule is CC(C)(CC(C)(C)C(=O)NC1CCCCC(C2CCCCC(C3CCCCCCCCC3)CCCC2)CCCC1)OCON. The number of amides is 1. The molecule has 0 bridgehead atoms. The maximum atomic E-state index is 13.4. The molecule has 0 spiro atoms. The van der Waals surface area contributed by atoms with Crippen molar-refractivity contribution < 1.29 is 14.4 Å². The summed E-state index contributed by atoms with van der Waals surface area (Å²) in [7, 11) is 0. The van der Waals surface area contributed by atoms with Gasteiger partial charge in [0.2, 0.25) is 5.91 Å². The molecular formula is C39H74N2O3. The van der Waals surface area contributed by atoms with Crippen molar-refractivity contribution >= 4 is 5.91 Å². The molecule has 0 heterocycles. The summed E-state index contributed by atoms with van der Waals surface area (Å²) < 4.78 is 5.73. The Bertz CT molecular complexity index is 734. The Labute approximate surface area is 273 Å². The second-order valence-corrected chi connectivity index (χ2v) is 16.6. The van der Waals surface area contributed by atoms with Crippen LogP contribution in [0.2, 0.25) is 0 Å². The highest BCUT2D eigenvalue weighted by molar-refractivity contribution is 5.82. The van der Waals surface area contributed by atoms with Crippen LogP contribution in [0.1, 0.15) is 195 Å². The molecule has 3 fully saturated rings. The van der Waals surface area contributed by atoms with Gasteiger partial charge in [-0.3, -0.25) is 9.63 Å². The molecule has 3 aliphatic rings. The second kappa shape index (κ2) is 20.6. The Morgan fingerprint density at radius 1 is 0.568 bits per heavy atom. The average Bonchev–Trinajstić information content (AvgIpc) is 3.00. The zero-order chi connectivity index (χ0) is 31.7. The van der Waals surface area contributed by atoms with Gasteiger partial charge in [-0.15, -0.1) is 0 Å². The molecule has 3 N–H and O–H groups in total. The normalized spacial score (nSPS) is 28.9. The van der Waals surface area contributed by atoms with Crippen molar-refractivity contribution in [3.63, 3.8) is 0 Å². The standard InChI is InChI=1S/C39H74N2O3/c1-38(2,30-39(3,4)43-31-44-40)37(42)41-36-28-18-16-26-35(27-17-19-29-36)34-24-14-12-22-33(23-13-15-25-34)32-20-10-8-6-5-7-9-11-21-32/h32-36H,5-31,40H2,1-4H3,(H,41,42). The number of rotatable bonds is 9. The predicted molar refractivity (Wildman–Crippen MR) is 185 cm³/mol. The summed E-state index contributed by atoms with van der Waals surface area (Å²) in [5, 5.41) is 3.45. The number of nitrogens with one attached hydrogen (secondary N) is 1. The van der Waals surface area contributed by atoms with Gasteiger partial charge in [0.15, 0.2) is 6.79 Å². The summed E-state index contributed by atoms with van der Waals surface area (Å²) in [6.07, 6.45) is 36.1. The van der Waals surface area contributed by atoms with Crippen molar-refractivity contribution in [3.8, 4) is 0 Å². The molecule has 0 saturated heterocycles. The van der Waals surface area contributed by atoms with E-state index < -0.39 is 11.0 Å². The highest BCUT2D eigenvalue weighted by Gasteiger charge is 2.36. The van der Waals surface area contributed by atoms with Crippen molar-refractivity contribution in [1.82, 2.24) is 5.32 Å². The Morgan fingerprint density at radius 2 is 0.886 bits per heavy atom. The molecule has 5 heteroatoms. The Kier molecular flexibility index (Phi) is 17.7. The van der Waals surface area contributed by atoms with Crippen LogP contribution in [0.25, 0.3) is 0 Å². The average molecular weight is 619 g/mol. The van der Waals surface area contributed by atoms with Crippen LogP contribution in [0.3, 0.4) is 0 Å². The summed E-state index contributed by atoms with van der Waals surface area (Å²) in [6.45, 7) is 8.09. The first-order valence-electron chi connectivity index (χ1n) is 19.5. The number of carbonyl (C=O) groups excluding carboxylic acids is 1. The molecule has 1 amide bonds. The minimum Gasteiger partial charge on any atom is -0.353 e. The first-order chi connectivity index (χ1) is 21.2. The van der Waals surface area contributed by atoms with Crippen molar-refractivity contribution in [2.45, 2.75) is 206 Å². The maximum Gasteiger partial charge on any atom is 0.225 e.